The standard InChI is InChI=1S/C16H30N2O3/c1-13-6-8-14(9-7-13)10-12-18-16(21)17-11-4-2-3-5-15(19)20/h13-14H,2-12H2,1H3,(H,19,20)(H2,17,18,21). The van der Waals surface area contributed by atoms with Crippen molar-refractivity contribution in [2.75, 3.05) is 13.1 Å². The third kappa shape index (κ3) is 9.32. The quantitative estimate of drug-likeness (QED) is 0.572. The Morgan fingerprint density at radius 2 is 1.67 bits per heavy atom. The lowest BCUT2D eigenvalue weighted by Crippen LogP contribution is -2.37. The van der Waals surface area contributed by atoms with Gasteiger partial charge >= 0.3 is 12.0 Å². The van der Waals surface area contributed by atoms with Crippen LogP contribution in [-0.4, -0.2) is 30.2 Å². The van der Waals surface area contributed by atoms with E-state index in [9.17, 15) is 9.59 Å². The van der Waals surface area contributed by atoms with E-state index in [1.807, 2.05) is 0 Å². The Hall–Kier alpha value is -1.26. The Morgan fingerprint density at radius 3 is 2.33 bits per heavy atom. The lowest BCUT2D eigenvalue weighted by atomic mass is 9.81. The van der Waals surface area contributed by atoms with Gasteiger partial charge in [-0.05, 0) is 31.1 Å². The molecule has 1 aliphatic rings. The maximum atomic E-state index is 11.6. The predicted octanol–water partition coefficient (Wildman–Crippen LogP) is 3.15. The van der Waals surface area contributed by atoms with Gasteiger partial charge in [0.1, 0.15) is 0 Å². The van der Waals surface area contributed by atoms with Crippen LogP contribution in [-0.2, 0) is 4.79 Å². The van der Waals surface area contributed by atoms with Crippen LogP contribution >= 0.6 is 0 Å². The number of hydrogen-bond acceptors (Lipinski definition) is 2. The highest BCUT2D eigenvalue weighted by Crippen LogP contribution is 2.29. The summed E-state index contributed by atoms with van der Waals surface area (Å²) in [5, 5.41) is 14.2. The summed E-state index contributed by atoms with van der Waals surface area (Å²) >= 11 is 0. The summed E-state index contributed by atoms with van der Waals surface area (Å²) in [6.45, 7) is 3.69. The monoisotopic (exact) mass is 298 g/mol. The Kier molecular flexibility index (Phi) is 8.87. The molecule has 1 saturated carbocycles. The van der Waals surface area contributed by atoms with E-state index in [4.69, 9.17) is 5.11 Å². The molecule has 1 rings (SSSR count). The molecule has 0 bridgehead atoms. The molecule has 0 spiro atoms. The van der Waals surface area contributed by atoms with Crippen molar-refractivity contribution in [3.8, 4) is 0 Å². The number of carbonyl (C=O) groups excluding carboxylic acids is 1. The molecule has 0 aromatic heterocycles. The Balaban J connectivity index is 1.90. The average molecular weight is 298 g/mol. The molecule has 0 saturated heterocycles. The summed E-state index contributed by atoms with van der Waals surface area (Å²) in [6, 6.07) is -0.0996. The SMILES string of the molecule is CC1CCC(CCNC(=O)NCCCCCC(=O)O)CC1. The average Bonchev–Trinajstić information content (AvgIpc) is 2.44. The van der Waals surface area contributed by atoms with Crippen LogP contribution in [0.2, 0.25) is 0 Å². The number of aliphatic carboxylic acids is 1. The Morgan fingerprint density at radius 1 is 1.00 bits per heavy atom. The van der Waals surface area contributed by atoms with Gasteiger partial charge in [0.05, 0.1) is 0 Å². The van der Waals surface area contributed by atoms with Gasteiger partial charge in [-0.1, -0.05) is 39.0 Å². The van der Waals surface area contributed by atoms with Gasteiger partial charge < -0.3 is 15.7 Å². The van der Waals surface area contributed by atoms with E-state index in [-0.39, 0.29) is 12.5 Å². The normalized spacial score (nSPS) is 21.8. The maximum Gasteiger partial charge on any atom is 0.314 e. The minimum absolute atomic E-state index is 0.0996. The van der Waals surface area contributed by atoms with Crippen LogP contribution in [0.3, 0.4) is 0 Å². The molecule has 0 heterocycles. The fraction of sp³-hybridized carbons (Fsp3) is 0.875. The van der Waals surface area contributed by atoms with Crippen LogP contribution in [0.4, 0.5) is 4.79 Å². The largest absolute Gasteiger partial charge is 0.481 e. The third-order valence-corrected chi connectivity index (χ3v) is 4.33. The van der Waals surface area contributed by atoms with Crippen LogP contribution in [0.15, 0.2) is 0 Å². The molecule has 1 fully saturated rings. The zero-order valence-corrected chi connectivity index (χ0v) is 13.2. The fourth-order valence-corrected chi connectivity index (χ4v) is 2.85. The van der Waals surface area contributed by atoms with E-state index in [0.29, 0.717) is 13.0 Å². The van der Waals surface area contributed by atoms with E-state index in [1.54, 1.807) is 0 Å². The minimum Gasteiger partial charge on any atom is -0.481 e. The topological polar surface area (TPSA) is 78.4 Å². The molecule has 21 heavy (non-hydrogen) atoms. The number of rotatable bonds is 9. The second-order valence-corrected chi connectivity index (χ2v) is 6.30. The highest BCUT2D eigenvalue weighted by Gasteiger charge is 2.17. The summed E-state index contributed by atoms with van der Waals surface area (Å²) in [4.78, 5) is 21.9. The van der Waals surface area contributed by atoms with Crippen molar-refractivity contribution in [3.63, 3.8) is 0 Å². The molecule has 122 valence electrons. The first-order valence-electron chi connectivity index (χ1n) is 8.31. The van der Waals surface area contributed by atoms with Gasteiger partial charge in [0.2, 0.25) is 0 Å². The molecule has 3 N–H and O–H groups in total. The van der Waals surface area contributed by atoms with Crippen LogP contribution in [0, 0.1) is 11.8 Å². The van der Waals surface area contributed by atoms with Crippen molar-refractivity contribution >= 4 is 12.0 Å². The maximum absolute atomic E-state index is 11.6. The predicted molar refractivity (Wildman–Crippen MR) is 83.2 cm³/mol. The number of hydrogen-bond donors (Lipinski definition) is 3. The van der Waals surface area contributed by atoms with Crippen molar-refractivity contribution < 1.29 is 14.7 Å². The molecule has 2 amide bonds. The molecular weight excluding hydrogens is 268 g/mol. The first-order valence-corrected chi connectivity index (χ1v) is 8.31. The third-order valence-electron chi connectivity index (χ3n) is 4.33. The number of nitrogens with one attached hydrogen (secondary N) is 2. The lowest BCUT2D eigenvalue weighted by molar-refractivity contribution is -0.137. The first-order chi connectivity index (χ1) is 10.1. The molecule has 0 atom stereocenters. The second-order valence-electron chi connectivity index (χ2n) is 6.30. The molecule has 1 aliphatic carbocycles. The number of amides is 2. The van der Waals surface area contributed by atoms with Gasteiger partial charge in [-0.2, -0.15) is 0 Å². The van der Waals surface area contributed by atoms with Crippen molar-refractivity contribution in [1.82, 2.24) is 10.6 Å². The summed E-state index contributed by atoms with van der Waals surface area (Å²) in [5.74, 6) is 0.897. The van der Waals surface area contributed by atoms with Crippen molar-refractivity contribution in [2.45, 2.75) is 64.7 Å². The van der Waals surface area contributed by atoms with Gasteiger partial charge in [-0.25, -0.2) is 4.79 Å². The number of urea groups is 1. The molecule has 0 aromatic carbocycles. The molecular formula is C16H30N2O3. The Labute approximate surface area is 127 Å². The molecule has 0 unspecified atom stereocenters. The number of carboxylic acids is 1. The van der Waals surface area contributed by atoms with Gasteiger partial charge in [0, 0.05) is 19.5 Å². The Bertz CT molecular complexity index is 313. The smallest absolute Gasteiger partial charge is 0.314 e. The molecule has 0 aromatic rings. The van der Waals surface area contributed by atoms with Crippen LogP contribution < -0.4 is 10.6 Å². The van der Waals surface area contributed by atoms with Crippen molar-refractivity contribution in [3.05, 3.63) is 0 Å². The molecule has 5 nitrogen and oxygen atoms in total. The summed E-state index contributed by atoms with van der Waals surface area (Å²) in [5.41, 5.74) is 0. The van der Waals surface area contributed by atoms with E-state index >= 15 is 0 Å². The van der Waals surface area contributed by atoms with Gasteiger partial charge in [0.25, 0.3) is 0 Å². The van der Waals surface area contributed by atoms with Crippen LogP contribution in [0.1, 0.15) is 64.7 Å². The van der Waals surface area contributed by atoms with Gasteiger partial charge in [-0.15, -0.1) is 0 Å². The second kappa shape index (κ2) is 10.5. The van der Waals surface area contributed by atoms with Gasteiger partial charge in [-0.3, -0.25) is 4.79 Å². The summed E-state index contributed by atoms with van der Waals surface area (Å²) < 4.78 is 0. The summed E-state index contributed by atoms with van der Waals surface area (Å²) in [7, 11) is 0. The van der Waals surface area contributed by atoms with Crippen LogP contribution in [0.5, 0.6) is 0 Å². The van der Waals surface area contributed by atoms with E-state index in [2.05, 4.69) is 17.6 Å². The van der Waals surface area contributed by atoms with E-state index in [0.717, 1.165) is 37.6 Å². The zero-order chi connectivity index (χ0) is 15.5. The molecule has 5 heteroatoms. The lowest BCUT2D eigenvalue weighted by Gasteiger charge is -2.26. The first kappa shape index (κ1) is 17.8. The zero-order valence-electron chi connectivity index (χ0n) is 13.2. The van der Waals surface area contributed by atoms with Crippen LogP contribution in [0.25, 0.3) is 0 Å². The number of carbonyl (C=O) groups is 2. The minimum atomic E-state index is -0.752. The van der Waals surface area contributed by atoms with Crippen molar-refractivity contribution in [1.29, 1.82) is 0 Å². The van der Waals surface area contributed by atoms with E-state index < -0.39 is 5.97 Å². The fourth-order valence-electron chi connectivity index (χ4n) is 2.85. The van der Waals surface area contributed by atoms with E-state index in [1.165, 1.54) is 25.7 Å². The van der Waals surface area contributed by atoms with Gasteiger partial charge in [0.15, 0.2) is 0 Å². The molecule has 0 radical (unpaired) electrons. The highest BCUT2D eigenvalue weighted by atomic mass is 16.4. The highest BCUT2D eigenvalue weighted by molar-refractivity contribution is 5.73. The van der Waals surface area contributed by atoms with Crippen molar-refractivity contribution in [2.24, 2.45) is 11.8 Å². The summed E-state index contributed by atoms with van der Waals surface area (Å²) in [6.07, 6.45) is 8.90. The molecule has 0 aliphatic heterocycles. The number of unbranched alkanes of at least 4 members (excludes halogenated alkanes) is 2. The number of carboxylic acid groups (broad SMARTS) is 1.